The van der Waals surface area contributed by atoms with Crippen LogP contribution in [0, 0.1) is 6.92 Å². The smallest absolute Gasteiger partial charge is 0.169 e. The predicted octanol–water partition coefficient (Wildman–Crippen LogP) is 2.52. The zero-order chi connectivity index (χ0) is 13.7. The Kier molecular flexibility index (Phi) is 4.39. The van der Waals surface area contributed by atoms with E-state index in [1.165, 1.54) is 0 Å². The molecule has 5 heteroatoms. The molecule has 2 aromatic rings. The Morgan fingerprint density at radius 2 is 2.26 bits per heavy atom. The van der Waals surface area contributed by atoms with Crippen molar-refractivity contribution in [3.8, 4) is 5.75 Å². The molecule has 0 spiro atoms. The van der Waals surface area contributed by atoms with Crippen molar-refractivity contribution in [2.45, 2.75) is 26.8 Å². The van der Waals surface area contributed by atoms with Crippen LogP contribution in [0.4, 0.5) is 5.82 Å². The molecule has 0 bridgehead atoms. The molecule has 0 fully saturated rings. The molecule has 0 amide bonds. The zero-order valence-corrected chi connectivity index (χ0v) is 11.7. The topological polar surface area (TPSA) is 52.0 Å². The lowest BCUT2D eigenvalue weighted by atomic mass is 10.2. The molecule has 0 aromatic carbocycles. The SMILES string of the molecule is CCCOc1cccnc1NCc1cnn(C)c1C. The Balaban J connectivity index is 2.04. The molecule has 0 aliphatic carbocycles. The number of hydrogen-bond acceptors (Lipinski definition) is 4. The van der Waals surface area contributed by atoms with Crippen LogP contribution in [0.25, 0.3) is 0 Å². The summed E-state index contributed by atoms with van der Waals surface area (Å²) >= 11 is 0. The monoisotopic (exact) mass is 260 g/mol. The standard InChI is InChI=1S/C14H20N4O/c1-4-8-19-13-6-5-7-15-14(13)16-9-12-10-17-18(3)11(12)2/h5-7,10H,4,8-9H2,1-3H3,(H,15,16). The summed E-state index contributed by atoms with van der Waals surface area (Å²) in [5, 5.41) is 7.53. The van der Waals surface area contributed by atoms with E-state index in [-0.39, 0.29) is 0 Å². The first-order valence-electron chi connectivity index (χ1n) is 6.51. The molecule has 0 saturated heterocycles. The number of pyridine rings is 1. The van der Waals surface area contributed by atoms with E-state index in [0.29, 0.717) is 13.2 Å². The van der Waals surface area contributed by atoms with Gasteiger partial charge in [-0.05, 0) is 25.5 Å². The van der Waals surface area contributed by atoms with Gasteiger partial charge in [-0.15, -0.1) is 0 Å². The molecular weight excluding hydrogens is 240 g/mol. The maximum absolute atomic E-state index is 5.66. The van der Waals surface area contributed by atoms with Crippen molar-refractivity contribution < 1.29 is 4.74 Å². The summed E-state index contributed by atoms with van der Waals surface area (Å²) in [6.07, 6.45) is 4.62. The molecule has 0 saturated carbocycles. The summed E-state index contributed by atoms with van der Waals surface area (Å²) in [5.41, 5.74) is 2.31. The fraction of sp³-hybridized carbons (Fsp3) is 0.429. The first kappa shape index (κ1) is 13.4. The number of aryl methyl sites for hydroxylation is 1. The Morgan fingerprint density at radius 3 is 2.95 bits per heavy atom. The van der Waals surface area contributed by atoms with Gasteiger partial charge in [-0.2, -0.15) is 5.10 Å². The highest BCUT2D eigenvalue weighted by molar-refractivity contribution is 5.49. The van der Waals surface area contributed by atoms with Gasteiger partial charge in [0.15, 0.2) is 11.6 Å². The Morgan fingerprint density at radius 1 is 1.42 bits per heavy atom. The Bertz CT molecular complexity index is 536. The second kappa shape index (κ2) is 6.22. The number of ether oxygens (including phenoxy) is 1. The predicted molar refractivity (Wildman–Crippen MR) is 75.3 cm³/mol. The maximum atomic E-state index is 5.66. The number of anilines is 1. The number of hydrogen-bond donors (Lipinski definition) is 1. The van der Waals surface area contributed by atoms with Gasteiger partial charge in [-0.3, -0.25) is 4.68 Å². The average molecular weight is 260 g/mol. The van der Waals surface area contributed by atoms with E-state index in [0.717, 1.165) is 29.2 Å². The quantitative estimate of drug-likeness (QED) is 0.867. The van der Waals surface area contributed by atoms with E-state index in [9.17, 15) is 0 Å². The van der Waals surface area contributed by atoms with Crippen molar-refractivity contribution >= 4 is 5.82 Å². The minimum Gasteiger partial charge on any atom is -0.490 e. The van der Waals surface area contributed by atoms with Gasteiger partial charge in [0.25, 0.3) is 0 Å². The Labute approximate surface area is 113 Å². The molecule has 5 nitrogen and oxygen atoms in total. The third-order valence-electron chi connectivity index (χ3n) is 3.02. The molecule has 0 atom stereocenters. The molecule has 2 aromatic heterocycles. The van der Waals surface area contributed by atoms with E-state index in [1.54, 1.807) is 6.20 Å². The van der Waals surface area contributed by atoms with Crippen LogP contribution in [0.1, 0.15) is 24.6 Å². The lowest BCUT2D eigenvalue weighted by Crippen LogP contribution is -2.06. The van der Waals surface area contributed by atoms with Gasteiger partial charge in [0.2, 0.25) is 0 Å². The van der Waals surface area contributed by atoms with Gasteiger partial charge in [-0.25, -0.2) is 4.98 Å². The summed E-state index contributed by atoms with van der Waals surface area (Å²) in [6.45, 7) is 5.53. The fourth-order valence-electron chi connectivity index (χ4n) is 1.75. The van der Waals surface area contributed by atoms with Crippen LogP contribution >= 0.6 is 0 Å². The highest BCUT2D eigenvalue weighted by atomic mass is 16.5. The van der Waals surface area contributed by atoms with Gasteiger partial charge in [0.1, 0.15) is 0 Å². The second-order valence-electron chi connectivity index (χ2n) is 4.43. The van der Waals surface area contributed by atoms with Crippen molar-refractivity contribution in [3.05, 3.63) is 35.8 Å². The lowest BCUT2D eigenvalue weighted by molar-refractivity contribution is 0.318. The highest BCUT2D eigenvalue weighted by Crippen LogP contribution is 2.22. The van der Waals surface area contributed by atoms with Crippen molar-refractivity contribution in [3.63, 3.8) is 0 Å². The van der Waals surface area contributed by atoms with E-state index < -0.39 is 0 Å². The molecule has 102 valence electrons. The molecule has 0 aliphatic rings. The molecular formula is C14H20N4O. The second-order valence-corrected chi connectivity index (χ2v) is 4.43. The van der Waals surface area contributed by atoms with E-state index >= 15 is 0 Å². The molecule has 0 radical (unpaired) electrons. The van der Waals surface area contributed by atoms with E-state index in [4.69, 9.17) is 4.74 Å². The minimum absolute atomic E-state index is 0.694. The van der Waals surface area contributed by atoms with Crippen molar-refractivity contribution in [2.24, 2.45) is 7.05 Å². The van der Waals surface area contributed by atoms with E-state index in [1.807, 2.05) is 30.1 Å². The first-order valence-corrected chi connectivity index (χ1v) is 6.51. The van der Waals surface area contributed by atoms with Crippen LogP contribution < -0.4 is 10.1 Å². The first-order chi connectivity index (χ1) is 9.22. The number of rotatable bonds is 6. The zero-order valence-electron chi connectivity index (χ0n) is 11.7. The van der Waals surface area contributed by atoms with Crippen molar-refractivity contribution in [1.29, 1.82) is 0 Å². The van der Waals surface area contributed by atoms with E-state index in [2.05, 4.69) is 29.2 Å². The van der Waals surface area contributed by atoms with Crippen LogP contribution in [0.5, 0.6) is 5.75 Å². The van der Waals surface area contributed by atoms with Gasteiger partial charge < -0.3 is 10.1 Å². The van der Waals surface area contributed by atoms with Crippen LogP contribution in [0.2, 0.25) is 0 Å². The maximum Gasteiger partial charge on any atom is 0.169 e. The molecule has 19 heavy (non-hydrogen) atoms. The van der Waals surface area contributed by atoms with Gasteiger partial charge in [0.05, 0.1) is 12.8 Å². The third-order valence-corrected chi connectivity index (χ3v) is 3.02. The summed E-state index contributed by atoms with van der Waals surface area (Å²) in [4.78, 5) is 4.32. The summed E-state index contributed by atoms with van der Waals surface area (Å²) < 4.78 is 7.53. The molecule has 2 rings (SSSR count). The third kappa shape index (κ3) is 3.24. The lowest BCUT2D eigenvalue weighted by Gasteiger charge is -2.11. The highest BCUT2D eigenvalue weighted by Gasteiger charge is 2.07. The molecule has 2 heterocycles. The number of nitrogens with one attached hydrogen (secondary N) is 1. The van der Waals surface area contributed by atoms with Gasteiger partial charge in [0, 0.05) is 31.0 Å². The van der Waals surface area contributed by atoms with Gasteiger partial charge in [-0.1, -0.05) is 6.92 Å². The normalized spacial score (nSPS) is 10.5. The van der Waals surface area contributed by atoms with Crippen LogP contribution in [-0.2, 0) is 13.6 Å². The minimum atomic E-state index is 0.694. The average Bonchev–Trinajstić information content (AvgIpc) is 2.75. The summed E-state index contributed by atoms with van der Waals surface area (Å²) in [5.74, 6) is 1.57. The van der Waals surface area contributed by atoms with Crippen LogP contribution in [-0.4, -0.2) is 21.4 Å². The van der Waals surface area contributed by atoms with Crippen LogP contribution in [0.3, 0.4) is 0 Å². The molecule has 0 aliphatic heterocycles. The largest absolute Gasteiger partial charge is 0.490 e. The Hall–Kier alpha value is -2.04. The summed E-state index contributed by atoms with van der Waals surface area (Å²) in [7, 11) is 1.94. The number of aromatic nitrogens is 3. The van der Waals surface area contributed by atoms with Crippen LogP contribution in [0.15, 0.2) is 24.5 Å². The van der Waals surface area contributed by atoms with Crippen molar-refractivity contribution in [2.75, 3.05) is 11.9 Å². The molecule has 1 N–H and O–H groups in total. The number of nitrogens with zero attached hydrogens (tertiary/aromatic N) is 3. The van der Waals surface area contributed by atoms with Gasteiger partial charge >= 0.3 is 0 Å². The summed E-state index contributed by atoms with van der Waals surface area (Å²) in [6, 6.07) is 3.81. The van der Waals surface area contributed by atoms with Crippen molar-refractivity contribution in [1.82, 2.24) is 14.8 Å². The fourth-order valence-corrected chi connectivity index (χ4v) is 1.75. The molecule has 0 unspecified atom stereocenters.